The summed E-state index contributed by atoms with van der Waals surface area (Å²) in [5.74, 6) is 0.402. The monoisotopic (exact) mass is 319 g/mol. The van der Waals surface area contributed by atoms with Crippen LogP contribution in [0.5, 0.6) is 0 Å². The van der Waals surface area contributed by atoms with Gasteiger partial charge in [0.15, 0.2) is 0 Å². The number of carbonyl (C=O) groups is 2. The number of halogens is 1. The average Bonchev–Trinajstić information content (AvgIpc) is 2.44. The van der Waals surface area contributed by atoms with Crippen molar-refractivity contribution in [3.05, 3.63) is 0 Å². The molecule has 0 aromatic heterocycles. The summed E-state index contributed by atoms with van der Waals surface area (Å²) in [6.45, 7) is 6.00. The van der Waals surface area contributed by atoms with Gasteiger partial charge < -0.3 is 16.0 Å². The van der Waals surface area contributed by atoms with Crippen LogP contribution in [0.25, 0.3) is 0 Å². The van der Waals surface area contributed by atoms with Crippen LogP contribution in [0, 0.1) is 5.92 Å². The van der Waals surface area contributed by atoms with Crippen molar-refractivity contribution in [2.24, 2.45) is 5.92 Å². The molecule has 0 aromatic carbocycles. The summed E-state index contributed by atoms with van der Waals surface area (Å²) in [6.07, 6.45) is 6.63. The van der Waals surface area contributed by atoms with Gasteiger partial charge in [0, 0.05) is 19.5 Å². The van der Waals surface area contributed by atoms with Gasteiger partial charge in [0.25, 0.3) is 0 Å². The van der Waals surface area contributed by atoms with Crippen molar-refractivity contribution in [2.75, 3.05) is 19.6 Å². The predicted octanol–water partition coefficient (Wildman–Crippen LogP) is 1.61. The molecule has 21 heavy (non-hydrogen) atoms. The molecule has 6 heteroatoms. The van der Waals surface area contributed by atoms with Crippen LogP contribution in [0.4, 0.5) is 0 Å². The highest BCUT2D eigenvalue weighted by atomic mass is 35.5. The van der Waals surface area contributed by atoms with Crippen molar-refractivity contribution < 1.29 is 9.59 Å². The van der Waals surface area contributed by atoms with Gasteiger partial charge in [-0.3, -0.25) is 9.59 Å². The van der Waals surface area contributed by atoms with Gasteiger partial charge >= 0.3 is 0 Å². The molecule has 0 aromatic rings. The average molecular weight is 320 g/mol. The minimum atomic E-state index is -0.451. The van der Waals surface area contributed by atoms with Crippen LogP contribution in [0.15, 0.2) is 0 Å². The van der Waals surface area contributed by atoms with E-state index in [2.05, 4.69) is 16.0 Å². The van der Waals surface area contributed by atoms with Crippen molar-refractivity contribution >= 4 is 24.2 Å². The Balaban J connectivity index is 0.00000400. The van der Waals surface area contributed by atoms with Gasteiger partial charge in [-0.15, -0.1) is 12.4 Å². The lowest BCUT2D eigenvalue weighted by Crippen LogP contribution is -2.46. The Labute approximate surface area is 134 Å². The lowest BCUT2D eigenvalue weighted by atomic mass is 9.87. The molecule has 1 unspecified atom stereocenters. The predicted molar refractivity (Wildman–Crippen MR) is 87.6 cm³/mol. The van der Waals surface area contributed by atoms with E-state index in [1.807, 2.05) is 6.92 Å². The molecule has 1 saturated carbocycles. The third-order valence-corrected chi connectivity index (χ3v) is 3.82. The van der Waals surface area contributed by atoms with Crippen molar-refractivity contribution in [1.29, 1.82) is 0 Å². The number of carbonyl (C=O) groups excluding carboxylic acids is 2. The molecule has 3 N–H and O–H groups in total. The van der Waals surface area contributed by atoms with Crippen LogP contribution in [0.3, 0.4) is 0 Å². The third-order valence-electron chi connectivity index (χ3n) is 3.82. The van der Waals surface area contributed by atoms with E-state index in [0.29, 0.717) is 18.9 Å². The minimum absolute atomic E-state index is 0. The second-order valence-electron chi connectivity index (χ2n) is 5.64. The quantitative estimate of drug-likeness (QED) is 0.595. The molecule has 0 aliphatic heterocycles. The summed E-state index contributed by atoms with van der Waals surface area (Å²) < 4.78 is 0. The number of hydrogen-bond donors (Lipinski definition) is 3. The van der Waals surface area contributed by atoms with E-state index in [-0.39, 0.29) is 24.2 Å². The van der Waals surface area contributed by atoms with E-state index in [1.54, 1.807) is 6.92 Å². The summed E-state index contributed by atoms with van der Waals surface area (Å²) >= 11 is 0. The van der Waals surface area contributed by atoms with Gasteiger partial charge in [-0.25, -0.2) is 0 Å². The highest BCUT2D eigenvalue weighted by molar-refractivity contribution is 5.87. The Morgan fingerprint density at radius 3 is 2.43 bits per heavy atom. The first kappa shape index (κ1) is 20.2. The minimum Gasteiger partial charge on any atom is -0.353 e. The number of nitrogens with one attached hydrogen (secondary N) is 3. The van der Waals surface area contributed by atoms with E-state index in [9.17, 15) is 9.59 Å². The molecule has 1 aliphatic carbocycles. The maximum atomic E-state index is 11.9. The number of amides is 2. The molecule has 0 spiro atoms. The smallest absolute Gasteiger partial charge is 0.242 e. The second kappa shape index (κ2) is 11.8. The zero-order valence-electron chi connectivity index (χ0n) is 13.2. The first-order chi connectivity index (χ1) is 9.63. The molecule has 5 nitrogen and oxygen atoms in total. The van der Waals surface area contributed by atoms with Crippen molar-refractivity contribution in [3.63, 3.8) is 0 Å². The molecule has 1 fully saturated rings. The Hall–Kier alpha value is -0.810. The highest BCUT2D eigenvalue weighted by Gasteiger charge is 2.20. The SMILES string of the molecule is CCNCCNC(=O)C(C)NC(=O)CC1CCCCC1.Cl. The van der Waals surface area contributed by atoms with Gasteiger partial charge in [0.1, 0.15) is 6.04 Å². The third kappa shape index (κ3) is 8.94. The van der Waals surface area contributed by atoms with E-state index >= 15 is 0 Å². The lowest BCUT2D eigenvalue weighted by molar-refractivity contribution is -0.129. The lowest BCUT2D eigenvalue weighted by Gasteiger charge is -2.22. The van der Waals surface area contributed by atoms with Crippen molar-refractivity contribution in [2.45, 2.75) is 58.4 Å². The molecule has 1 atom stereocenters. The van der Waals surface area contributed by atoms with Crippen molar-refractivity contribution in [3.8, 4) is 0 Å². The summed E-state index contributed by atoms with van der Waals surface area (Å²) in [5.41, 5.74) is 0. The fourth-order valence-electron chi connectivity index (χ4n) is 2.62. The zero-order valence-corrected chi connectivity index (χ0v) is 14.1. The molecule has 0 bridgehead atoms. The van der Waals surface area contributed by atoms with Crippen LogP contribution < -0.4 is 16.0 Å². The zero-order chi connectivity index (χ0) is 14.8. The molecular formula is C15H30ClN3O2. The summed E-state index contributed by atoms with van der Waals surface area (Å²) in [4.78, 5) is 23.7. The van der Waals surface area contributed by atoms with Crippen LogP contribution in [-0.2, 0) is 9.59 Å². The van der Waals surface area contributed by atoms with Gasteiger partial charge in [0.2, 0.25) is 11.8 Å². The van der Waals surface area contributed by atoms with Crippen LogP contribution in [0.2, 0.25) is 0 Å². The second-order valence-corrected chi connectivity index (χ2v) is 5.64. The van der Waals surface area contributed by atoms with Crippen LogP contribution >= 0.6 is 12.4 Å². The fourth-order valence-corrected chi connectivity index (χ4v) is 2.62. The largest absolute Gasteiger partial charge is 0.353 e. The maximum absolute atomic E-state index is 11.9. The Morgan fingerprint density at radius 2 is 1.81 bits per heavy atom. The highest BCUT2D eigenvalue weighted by Crippen LogP contribution is 2.26. The molecule has 1 rings (SSSR count). The molecule has 0 heterocycles. The molecular weight excluding hydrogens is 290 g/mol. The van der Waals surface area contributed by atoms with Gasteiger partial charge in [-0.05, 0) is 32.2 Å². The number of hydrogen-bond acceptors (Lipinski definition) is 3. The Morgan fingerprint density at radius 1 is 1.14 bits per heavy atom. The van der Waals surface area contributed by atoms with Gasteiger partial charge in [-0.2, -0.15) is 0 Å². The molecule has 0 radical (unpaired) electrons. The standard InChI is InChI=1S/C15H29N3O2.ClH/c1-3-16-9-10-17-15(20)12(2)18-14(19)11-13-7-5-4-6-8-13;/h12-13,16H,3-11H2,1-2H3,(H,17,20)(H,18,19);1H. The van der Waals surface area contributed by atoms with Crippen molar-refractivity contribution in [1.82, 2.24) is 16.0 Å². The summed E-state index contributed by atoms with van der Waals surface area (Å²) in [6, 6.07) is -0.451. The summed E-state index contributed by atoms with van der Waals surface area (Å²) in [7, 11) is 0. The maximum Gasteiger partial charge on any atom is 0.242 e. The normalized spacial score (nSPS) is 16.7. The topological polar surface area (TPSA) is 70.2 Å². The molecule has 2 amide bonds. The molecule has 0 saturated heterocycles. The molecule has 1 aliphatic rings. The summed E-state index contributed by atoms with van der Waals surface area (Å²) in [5, 5.41) is 8.74. The van der Waals surface area contributed by atoms with E-state index in [1.165, 1.54) is 19.3 Å². The first-order valence-electron chi connectivity index (χ1n) is 7.91. The first-order valence-corrected chi connectivity index (χ1v) is 7.91. The molecule has 124 valence electrons. The fraction of sp³-hybridized carbons (Fsp3) is 0.867. The van der Waals surface area contributed by atoms with E-state index in [4.69, 9.17) is 0 Å². The van der Waals surface area contributed by atoms with Gasteiger partial charge in [0.05, 0.1) is 0 Å². The van der Waals surface area contributed by atoms with E-state index in [0.717, 1.165) is 25.9 Å². The van der Waals surface area contributed by atoms with Crippen LogP contribution in [0.1, 0.15) is 52.4 Å². The van der Waals surface area contributed by atoms with E-state index < -0.39 is 6.04 Å². The van der Waals surface area contributed by atoms with Crippen LogP contribution in [-0.4, -0.2) is 37.5 Å². The number of likely N-dealkylation sites (N-methyl/N-ethyl adjacent to an activating group) is 1. The Bertz CT molecular complexity index is 307. The Kier molecular flexibility index (Phi) is 11.4. The van der Waals surface area contributed by atoms with Gasteiger partial charge in [-0.1, -0.05) is 26.2 Å². The number of rotatable bonds is 8.